The first kappa shape index (κ1) is 13.1. The van der Waals surface area contributed by atoms with Crippen LogP contribution in [0.15, 0.2) is 0 Å². The molecule has 0 unspecified atom stereocenters. The first-order chi connectivity index (χ1) is 6.70. The van der Waals surface area contributed by atoms with E-state index in [1.54, 1.807) is 0 Å². The predicted octanol–water partition coefficient (Wildman–Crippen LogP) is -0.126. The van der Waals surface area contributed by atoms with Gasteiger partial charge in [-0.2, -0.15) is 0 Å². The lowest BCUT2D eigenvalue weighted by molar-refractivity contribution is -0.146. The van der Waals surface area contributed by atoms with E-state index < -0.39 is 0 Å². The second kappa shape index (κ2) is 8.65. The number of esters is 1. The van der Waals surface area contributed by atoms with Crippen molar-refractivity contribution in [3.63, 3.8) is 0 Å². The Morgan fingerprint density at radius 3 is 2.50 bits per heavy atom. The van der Waals surface area contributed by atoms with Gasteiger partial charge in [0.15, 0.2) is 0 Å². The van der Waals surface area contributed by atoms with Crippen LogP contribution >= 0.6 is 0 Å². The van der Waals surface area contributed by atoms with Crippen molar-refractivity contribution < 1.29 is 19.1 Å². The van der Waals surface area contributed by atoms with Gasteiger partial charge < -0.3 is 15.2 Å². The molecule has 5 heteroatoms. The molecule has 0 aromatic rings. The van der Waals surface area contributed by atoms with Crippen LogP contribution in [0.3, 0.4) is 0 Å². The van der Waals surface area contributed by atoms with Gasteiger partial charge in [0.25, 0.3) is 0 Å². The Hall–Kier alpha value is -0.940. The van der Waals surface area contributed by atoms with Crippen molar-refractivity contribution in [3.8, 4) is 0 Å². The van der Waals surface area contributed by atoms with Gasteiger partial charge in [-0.15, -0.1) is 0 Å². The number of hydrogen-bond acceptors (Lipinski definition) is 5. The Morgan fingerprint density at radius 1 is 1.21 bits per heavy atom. The van der Waals surface area contributed by atoms with Gasteiger partial charge >= 0.3 is 5.97 Å². The first-order valence-corrected chi connectivity index (χ1v) is 4.65. The predicted molar refractivity (Wildman–Crippen MR) is 50.7 cm³/mol. The smallest absolute Gasteiger partial charge is 0.306 e. The Labute approximate surface area is 83.5 Å². The van der Waals surface area contributed by atoms with Crippen molar-refractivity contribution in [3.05, 3.63) is 0 Å². The molecule has 0 saturated heterocycles. The van der Waals surface area contributed by atoms with Crippen LogP contribution in [-0.4, -0.2) is 38.1 Å². The second-order valence-electron chi connectivity index (χ2n) is 2.66. The maximum Gasteiger partial charge on any atom is 0.306 e. The summed E-state index contributed by atoms with van der Waals surface area (Å²) in [5.74, 6) is -0.515. The van der Waals surface area contributed by atoms with Crippen LogP contribution in [0.5, 0.6) is 0 Å². The Bertz CT molecular complexity index is 182. The molecule has 0 rings (SSSR count). The van der Waals surface area contributed by atoms with Crippen molar-refractivity contribution >= 4 is 11.8 Å². The highest BCUT2D eigenvalue weighted by molar-refractivity contribution is 5.84. The molecule has 14 heavy (non-hydrogen) atoms. The molecular weight excluding hydrogens is 186 g/mol. The van der Waals surface area contributed by atoms with Crippen LogP contribution < -0.4 is 5.73 Å². The summed E-state index contributed by atoms with van der Waals surface area (Å²) >= 11 is 0. The molecule has 0 aliphatic carbocycles. The minimum atomic E-state index is -0.383. The van der Waals surface area contributed by atoms with E-state index in [1.165, 1.54) is 0 Å². The molecule has 0 fully saturated rings. The molecule has 0 aromatic heterocycles. The van der Waals surface area contributed by atoms with Gasteiger partial charge in [-0.3, -0.25) is 9.59 Å². The van der Waals surface area contributed by atoms with E-state index in [9.17, 15) is 9.59 Å². The van der Waals surface area contributed by atoms with Gasteiger partial charge in [-0.25, -0.2) is 0 Å². The topological polar surface area (TPSA) is 78.6 Å². The molecule has 5 nitrogen and oxygen atoms in total. The first-order valence-electron chi connectivity index (χ1n) is 4.65. The van der Waals surface area contributed by atoms with E-state index >= 15 is 0 Å². The summed E-state index contributed by atoms with van der Waals surface area (Å²) in [6.07, 6.45) is 0.256. The van der Waals surface area contributed by atoms with Crippen molar-refractivity contribution in [1.29, 1.82) is 0 Å². The normalized spacial score (nSPS) is 9.86. The molecule has 0 heterocycles. The molecule has 82 valence electrons. The van der Waals surface area contributed by atoms with E-state index in [0.717, 1.165) is 0 Å². The standard InChI is InChI=1S/C9H17NO4/c1-2-13-5-6-14-9(12)4-3-8(11)7-10/h2-7,10H2,1H3. The molecule has 0 spiro atoms. The maximum atomic E-state index is 11.0. The van der Waals surface area contributed by atoms with Crippen LogP contribution in [0.1, 0.15) is 19.8 Å². The lowest BCUT2D eigenvalue weighted by Gasteiger charge is -2.03. The second-order valence-corrected chi connectivity index (χ2v) is 2.66. The van der Waals surface area contributed by atoms with E-state index in [1.807, 2.05) is 6.92 Å². The minimum Gasteiger partial charge on any atom is -0.463 e. The lowest BCUT2D eigenvalue weighted by Crippen LogP contribution is -2.16. The van der Waals surface area contributed by atoms with Crippen molar-refractivity contribution in [2.24, 2.45) is 5.73 Å². The zero-order valence-corrected chi connectivity index (χ0v) is 8.45. The van der Waals surface area contributed by atoms with Crippen LogP contribution in [0.25, 0.3) is 0 Å². The summed E-state index contributed by atoms with van der Waals surface area (Å²) in [7, 11) is 0. The quantitative estimate of drug-likeness (QED) is 0.439. The molecule has 0 bridgehead atoms. The Kier molecular flexibility index (Phi) is 8.07. The largest absolute Gasteiger partial charge is 0.463 e. The zero-order valence-electron chi connectivity index (χ0n) is 8.45. The SMILES string of the molecule is CCOCCOC(=O)CCC(=O)CN. The molecule has 0 aliphatic rings. The maximum absolute atomic E-state index is 11.0. The molecule has 0 atom stereocenters. The van der Waals surface area contributed by atoms with Gasteiger partial charge in [-0.1, -0.05) is 0 Å². The van der Waals surface area contributed by atoms with Crippen molar-refractivity contribution in [2.45, 2.75) is 19.8 Å². The van der Waals surface area contributed by atoms with Crippen LogP contribution in [0, 0.1) is 0 Å². The average Bonchev–Trinajstić information content (AvgIpc) is 2.21. The molecule has 0 aromatic carbocycles. The van der Waals surface area contributed by atoms with E-state index in [0.29, 0.717) is 13.2 Å². The molecule has 0 saturated carbocycles. The van der Waals surface area contributed by atoms with Crippen LogP contribution in [-0.2, 0) is 19.1 Å². The van der Waals surface area contributed by atoms with Gasteiger partial charge in [0.1, 0.15) is 12.4 Å². The van der Waals surface area contributed by atoms with Crippen LogP contribution in [0.4, 0.5) is 0 Å². The number of ether oxygens (including phenoxy) is 2. The summed E-state index contributed by atoms with van der Waals surface area (Å²) in [4.78, 5) is 21.7. The Balaban J connectivity index is 3.32. The van der Waals surface area contributed by atoms with E-state index in [4.69, 9.17) is 15.2 Å². The lowest BCUT2D eigenvalue weighted by atomic mass is 10.2. The van der Waals surface area contributed by atoms with Crippen molar-refractivity contribution in [1.82, 2.24) is 0 Å². The molecule has 0 aliphatic heterocycles. The summed E-state index contributed by atoms with van der Waals surface area (Å²) in [6, 6.07) is 0. The third-order valence-corrected chi connectivity index (χ3v) is 1.53. The zero-order chi connectivity index (χ0) is 10.8. The monoisotopic (exact) mass is 203 g/mol. The summed E-state index contributed by atoms with van der Waals surface area (Å²) in [5.41, 5.74) is 5.08. The summed E-state index contributed by atoms with van der Waals surface area (Å²) in [6.45, 7) is 3.08. The molecule has 0 radical (unpaired) electrons. The summed E-state index contributed by atoms with van der Waals surface area (Å²) < 4.78 is 9.75. The third-order valence-electron chi connectivity index (χ3n) is 1.53. The van der Waals surface area contributed by atoms with Crippen molar-refractivity contribution in [2.75, 3.05) is 26.4 Å². The summed E-state index contributed by atoms with van der Waals surface area (Å²) in [5, 5.41) is 0. The fourth-order valence-electron chi connectivity index (χ4n) is 0.774. The molecular formula is C9H17NO4. The van der Waals surface area contributed by atoms with Gasteiger partial charge in [0.2, 0.25) is 0 Å². The average molecular weight is 203 g/mol. The molecule has 0 amide bonds. The highest BCUT2D eigenvalue weighted by atomic mass is 16.6. The molecule has 2 N–H and O–H groups in total. The number of hydrogen-bond donors (Lipinski definition) is 1. The number of ketones is 1. The fourth-order valence-corrected chi connectivity index (χ4v) is 0.774. The number of carbonyl (C=O) groups excluding carboxylic acids is 2. The van der Waals surface area contributed by atoms with E-state index in [2.05, 4.69) is 0 Å². The number of nitrogens with two attached hydrogens (primary N) is 1. The number of Topliss-reactive ketones (excluding diaryl/α,β-unsaturated/α-hetero) is 1. The third kappa shape index (κ3) is 7.70. The highest BCUT2D eigenvalue weighted by Crippen LogP contribution is 1.93. The van der Waals surface area contributed by atoms with Gasteiger partial charge in [-0.05, 0) is 6.92 Å². The fraction of sp³-hybridized carbons (Fsp3) is 0.778. The van der Waals surface area contributed by atoms with Gasteiger partial charge in [0.05, 0.1) is 19.6 Å². The number of rotatable bonds is 8. The van der Waals surface area contributed by atoms with Gasteiger partial charge in [0, 0.05) is 13.0 Å². The number of carbonyl (C=O) groups is 2. The highest BCUT2D eigenvalue weighted by Gasteiger charge is 2.06. The van der Waals surface area contributed by atoms with Crippen LogP contribution in [0.2, 0.25) is 0 Å². The van der Waals surface area contributed by atoms with E-state index in [-0.39, 0.29) is 37.7 Å². The minimum absolute atomic E-state index is 0.0216. The Morgan fingerprint density at radius 2 is 1.93 bits per heavy atom.